The first-order chi connectivity index (χ1) is 7.85. The lowest BCUT2D eigenvalue weighted by Crippen LogP contribution is -2.17. The maximum atomic E-state index is 5.47. The molecule has 0 spiro atoms. The Morgan fingerprint density at radius 1 is 0.875 bits per heavy atom. The van der Waals surface area contributed by atoms with Crippen molar-refractivity contribution in [2.24, 2.45) is 5.90 Å². The van der Waals surface area contributed by atoms with Crippen LogP contribution < -0.4 is 5.90 Å². The Kier molecular flexibility index (Phi) is 12.8. The van der Waals surface area contributed by atoms with E-state index >= 15 is 0 Å². The first kappa shape index (κ1) is 15.8. The predicted molar refractivity (Wildman–Crippen MR) is 64.9 cm³/mol. The van der Waals surface area contributed by atoms with Crippen LogP contribution in [0.15, 0.2) is 0 Å². The first-order valence-electron chi connectivity index (χ1n) is 6.40. The van der Waals surface area contributed by atoms with Gasteiger partial charge in [0.25, 0.3) is 0 Å². The van der Waals surface area contributed by atoms with Crippen LogP contribution in [0.3, 0.4) is 0 Å². The Labute approximate surface area is 99.4 Å². The SMILES string of the molecule is CCOC(CCCCCCCON)OCC. The van der Waals surface area contributed by atoms with Gasteiger partial charge in [-0.1, -0.05) is 19.3 Å². The van der Waals surface area contributed by atoms with Gasteiger partial charge in [0.15, 0.2) is 6.29 Å². The number of unbranched alkanes of at least 4 members (excludes halogenated alkanes) is 4. The molecular formula is C12H27NO3. The summed E-state index contributed by atoms with van der Waals surface area (Å²) in [6, 6.07) is 0. The van der Waals surface area contributed by atoms with Gasteiger partial charge < -0.3 is 14.3 Å². The highest BCUT2D eigenvalue weighted by Gasteiger charge is 2.06. The van der Waals surface area contributed by atoms with E-state index in [4.69, 9.17) is 15.4 Å². The molecule has 0 aromatic carbocycles. The van der Waals surface area contributed by atoms with Gasteiger partial charge in [0.1, 0.15) is 0 Å². The number of nitrogens with two attached hydrogens (primary N) is 1. The number of rotatable bonds is 12. The summed E-state index contributed by atoms with van der Waals surface area (Å²) in [5.74, 6) is 4.94. The Bertz CT molecular complexity index is 127. The molecule has 0 atom stereocenters. The van der Waals surface area contributed by atoms with Gasteiger partial charge in [0.05, 0.1) is 6.61 Å². The molecule has 0 saturated heterocycles. The lowest BCUT2D eigenvalue weighted by Gasteiger charge is -2.16. The Morgan fingerprint density at radius 2 is 1.44 bits per heavy atom. The molecule has 98 valence electrons. The molecule has 0 bridgehead atoms. The summed E-state index contributed by atoms with van der Waals surface area (Å²) >= 11 is 0. The molecule has 0 aliphatic carbocycles. The summed E-state index contributed by atoms with van der Waals surface area (Å²) in [4.78, 5) is 4.51. The molecule has 0 amide bonds. The van der Waals surface area contributed by atoms with Gasteiger partial charge in [-0.2, -0.15) is 0 Å². The highest BCUT2D eigenvalue weighted by molar-refractivity contribution is 4.49. The van der Waals surface area contributed by atoms with Crippen molar-refractivity contribution >= 4 is 0 Å². The lowest BCUT2D eigenvalue weighted by atomic mass is 10.1. The topological polar surface area (TPSA) is 53.7 Å². The van der Waals surface area contributed by atoms with Crippen LogP contribution in [0.4, 0.5) is 0 Å². The second-order valence-corrected chi connectivity index (χ2v) is 3.77. The maximum Gasteiger partial charge on any atom is 0.157 e. The second-order valence-electron chi connectivity index (χ2n) is 3.77. The standard InChI is InChI=1S/C12H27NO3/c1-3-14-12(15-4-2)10-8-6-5-7-9-11-16-13/h12H,3-11,13H2,1-2H3. The zero-order valence-corrected chi connectivity index (χ0v) is 10.7. The summed E-state index contributed by atoms with van der Waals surface area (Å²) < 4.78 is 10.9. The zero-order chi connectivity index (χ0) is 12.1. The fraction of sp³-hybridized carbons (Fsp3) is 1.00. The first-order valence-corrected chi connectivity index (χ1v) is 6.40. The van der Waals surface area contributed by atoms with Crippen molar-refractivity contribution in [1.29, 1.82) is 0 Å². The van der Waals surface area contributed by atoms with Crippen molar-refractivity contribution in [3.63, 3.8) is 0 Å². The predicted octanol–water partition coefficient (Wildman–Crippen LogP) is 2.62. The smallest absolute Gasteiger partial charge is 0.157 e. The normalized spacial score (nSPS) is 11.2. The molecule has 2 N–H and O–H groups in total. The van der Waals surface area contributed by atoms with Crippen LogP contribution in [0.2, 0.25) is 0 Å². The van der Waals surface area contributed by atoms with Crippen LogP contribution in [0.1, 0.15) is 52.4 Å². The summed E-state index contributed by atoms with van der Waals surface area (Å²) in [5, 5.41) is 0. The fourth-order valence-corrected chi connectivity index (χ4v) is 1.61. The third-order valence-corrected chi connectivity index (χ3v) is 2.41. The number of hydrogen-bond donors (Lipinski definition) is 1. The summed E-state index contributed by atoms with van der Waals surface area (Å²) in [6.45, 7) is 6.11. The molecule has 0 aliphatic heterocycles. The average Bonchev–Trinajstić information content (AvgIpc) is 2.28. The number of ether oxygens (including phenoxy) is 2. The van der Waals surface area contributed by atoms with Crippen molar-refractivity contribution in [3.8, 4) is 0 Å². The zero-order valence-electron chi connectivity index (χ0n) is 10.7. The van der Waals surface area contributed by atoms with Gasteiger partial charge in [0, 0.05) is 13.2 Å². The molecule has 0 saturated carbocycles. The molecule has 0 heterocycles. The van der Waals surface area contributed by atoms with Crippen LogP contribution in [0, 0.1) is 0 Å². The molecular weight excluding hydrogens is 206 g/mol. The summed E-state index contributed by atoms with van der Waals surface area (Å²) in [7, 11) is 0. The third-order valence-electron chi connectivity index (χ3n) is 2.41. The quantitative estimate of drug-likeness (QED) is 0.320. The van der Waals surface area contributed by atoms with Crippen LogP contribution in [0.25, 0.3) is 0 Å². The Balaban J connectivity index is 3.25. The average molecular weight is 233 g/mol. The summed E-state index contributed by atoms with van der Waals surface area (Å²) in [5.41, 5.74) is 0. The lowest BCUT2D eigenvalue weighted by molar-refractivity contribution is -0.140. The van der Waals surface area contributed by atoms with Crippen LogP contribution >= 0.6 is 0 Å². The fourth-order valence-electron chi connectivity index (χ4n) is 1.61. The van der Waals surface area contributed by atoms with Crippen molar-refractivity contribution in [3.05, 3.63) is 0 Å². The minimum atomic E-state index is -0.0117. The number of hydrogen-bond acceptors (Lipinski definition) is 4. The van der Waals surface area contributed by atoms with E-state index in [1.54, 1.807) is 0 Å². The second kappa shape index (κ2) is 12.9. The van der Waals surface area contributed by atoms with Crippen LogP contribution in [-0.4, -0.2) is 26.1 Å². The largest absolute Gasteiger partial charge is 0.353 e. The van der Waals surface area contributed by atoms with E-state index in [1.807, 2.05) is 13.8 Å². The molecule has 0 aromatic heterocycles. The molecule has 16 heavy (non-hydrogen) atoms. The van der Waals surface area contributed by atoms with Gasteiger partial charge in [-0.05, 0) is 33.1 Å². The minimum absolute atomic E-state index is 0.0117. The minimum Gasteiger partial charge on any atom is -0.353 e. The van der Waals surface area contributed by atoms with Crippen molar-refractivity contribution in [2.45, 2.75) is 58.7 Å². The highest BCUT2D eigenvalue weighted by Crippen LogP contribution is 2.10. The molecule has 4 nitrogen and oxygen atoms in total. The van der Waals surface area contributed by atoms with E-state index in [9.17, 15) is 0 Å². The van der Waals surface area contributed by atoms with Crippen molar-refractivity contribution in [1.82, 2.24) is 0 Å². The van der Waals surface area contributed by atoms with Gasteiger partial charge in [-0.15, -0.1) is 0 Å². The maximum absolute atomic E-state index is 5.47. The van der Waals surface area contributed by atoms with Gasteiger partial charge in [-0.3, -0.25) is 0 Å². The molecule has 0 radical (unpaired) electrons. The Morgan fingerprint density at radius 3 is 2.00 bits per heavy atom. The molecule has 4 heteroatoms. The van der Waals surface area contributed by atoms with Crippen molar-refractivity contribution < 1.29 is 14.3 Å². The van der Waals surface area contributed by atoms with Gasteiger partial charge in [-0.25, -0.2) is 5.90 Å². The van der Waals surface area contributed by atoms with Gasteiger partial charge >= 0.3 is 0 Å². The summed E-state index contributed by atoms with van der Waals surface area (Å²) in [6.07, 6.45) is 6.84. The monoisotopic (exact) mass is 233 g/mol. The van der Waals surface area contributed by atoms with E-state index in [-0.39, 0.29) is 6.29 Å². The van der Waals surface area contributed by atoms with Crippen LogP contribution in [-0.2, 0) is 14.3 Å². The Hall–Kier alpha value is -0.160. The molecule has 0 aliphatic rings. The van der Waals surface area contributed by atoms with E-state index in [0.717, 1.165) is 32.5 Å². The molecule has 0 rings (SSSR count). The van der Waals surface area contributed by atoms with E-state index < -0.39 is 0 Å². The van der Waals surface area contributed by atoms with E-state index in [2.05, 4.69) is 4.84 Å². The van der Waals surface area contributed by atoms with E-state index in [0.29, 0.717) is 6.61 Å². The molecule has 0 fully saturated rings. The highest BCUT2D eigenvalue weighted by atomic mass is 16.7. The van der Waals surface area contributed by atoms with E-state index in [1.165, 1.54) is 19.3 Å². The third kappa shape index (κ3) is 10.4. The van der Waals surface area contributed by atoms with Crippen LogP contribution in [0.5, 0.6) is 0 Å². The molecule has 0 unspecified atom stereocenters. The van der Waals surface area contributed by atoms with Gasteiger partial charge in [0.2, 0.25) is 0 Å². The molecule has 0 aromatic rings. The van der Waals surface area contributed by atoms with Crippen molar-refractivity contribution in [2.75, 3.05) is 19.8 Å².